The molecule has 1 saturated heterocycles. The number of ether oxygens (including phenoxy) is 1. The summed E-state index contributed by atoms with van der Waals surface area (Å²) in [7, 11) is 0. The van der Waals surface area contributed by atoms with Gasteiger partial charge in [-0.1, -0.05) is 6.08 Å². The Morgan fingerprint density at radius 3 is 2.79 bits per heavy atom. The number of anilines is 1. The first kappa shape index (κ1) is 18.7. The number of aromatic nitrogens is 3. The number of amides is 1. The quantitative estimate of drug-likeness (QED) is 0.854. The number of carbonyl (C=O) groups is 1. The zero-order valence-electron chi connectivity index (χ0n) is 16.6. The second-order valence-electron chi connectivity index (χ2n) is 8.40. The van der Waals surface area contributed by atoms with Crippen molar-refractivity contribution >= 4 is 23.1 Å². The van der Waals surface area contributed by atoms with Gasteiger partial charge in [-0.15, -0.1) is 0 Å². The van der Waals surface area contributed by atoms with Crippen LogP contribution < -0.4 is 4.90 Å². The Morgan fingerprint density at radius 1 is 1.32 bits per heavy atom. The van der Waals surface area contributed by atoms with Gasteiger partial charge in [-0.2, -0.15) is 9.61 Å². The van der Waals surface area contributed by atoms with Crippen LogP contribution in [0.4, 0.5) is 10.6 Å². The molecule has 0 saturated carbocycles. The number of nitrogens with zero attached hydrogens (tertiary/aromatic N) is 5. The first-order valence-corrected chi connectivity index (χ1v) is 9.75. The minimum absolute atomic E-state index is 0.284. The van der Waals surface area contributed by atoms with E-state index in [2.05, 4.69) is 10.00 Å². The summed E-state index contributed by atoms with van der Waals surface area (Å²) in [4.78, 5) is 20.9. The van der Waals surface area contributed by atoms with Crippen molar-refractivity contribution in [1.82, 2.24) is 19.5 Å². The molecule has 4 heterocycles. The second kappa shape index (κ2) is 7.09. The maximum Gasteiger partial charge on any atom is 0.410 e. The molecule has 2 aliphatic heterocycles. The zero-order chi connectivity index (χ0) is 19.9. The normalized spacial score (nSPS) is 20.6. The molecule has 0 aromatic carbocycles. The molecule has 1 fully saturated rings. The van der Waals surface area contributed by atoms with Crippen molar-refractivity contribution in [2.75, 3.05) is 31.1 Å². The molecule has 2 aromatic rings. The fourth-order valence-electron chi connectivity index (χ4n) is 3.63. The lowest BCUT2D eigenvalue weighted by Gasteiger charge is -2.29. The van der Waals surface area contributed by atoms with Gasteiger partial charge in [0.2, 0.25) is 0 Å². The van der Waals surface area contributed by atoms with E-state index in [1.54, 1.807) is 11.1 Å². The molecule has 1 unspecified atom stereocenters. The van der Waals surface area contributed by atoms with Crippen LogP contribution in [0.15, 0.2) is 24.4 Å². The Hall–Kier alpha value is -2.61. The average molecular weight is 385 g/mol. The van der Waals surface area contributed by atoms with Crippen LogP contribution in [0, 0.1) is 0 Å². The van der Waals surface area contributed by atoms with E-state index in [1.807, 2.05) is 43.5 Å². The Labute approximate surface area is 164 Å². The van der Waals surface area contributed by atoms with Gasteiger partial charge in [0.05, 0.1) is 18.0 Å². The molecule has 8 heteroatoms. The van der Waals surface area contributed by atoms with Gasteiger partial charge in [-0.25, -0.2) is 9.78 Å². The first-order valence-electron chi connectivity index (χ1n) is 9.75. The molecular weight excluding hydrogens is 358 g/mol. The summed E-state index contributed by atoms with van der Waals surface area (Å²) in [5.74, 6) is 0.942. The lowest BCUT2D eigenvalue weighted by Crippen LogP contribution is -2.39. The van der Waals surface area contributed by atoms with Crippen molar-refractivity contribution in [2.24, 2.45) is 0 Å². The van der Waals surface area contributed by atoms with Gasteiger partial charge in [0.15, 0.2) is 5.65 Å². The topological polar surface area (TPSA) is 83.2 Å². The lowest BCUT2D eigenvalue weighted by molar-refractivity contribution is 0.0270. The summed E-state index contributed by atoms with van der Waals surface area (Å²) in [5, 5.41) is 14.3. The van der Waals surface area contributed by atoms with Gasteiger partial charge in [0.25, 0.3) is 0 Å². The van der Waals surface area contributed by atoms with Crippen LogP contribution in [0.25, 0.3) is 11.2 Å². The Kier molecular flexibility index (Phi) is 4.74. The second-order valence-corrected chi connectivity index (χ2v) is 8.40. The van der Waals surface area contributed by atoms with E-state index < -0.39 is 5.60 Å². The first-order chi connectivity index (χ1) is 13.3. The Morgan fingerprint density at radius 2 is 2.14 bits per heavy atom. The summed E-state index contributed by atoms with van der Waals surface area (Å²) in [6, 6.07) is 3.92. The number of hydrogen-bond donors (Lipinski definition) is 1. The van der Waals surface area contributed by atoms with E-state index in [0.717, 1.165) is 42.1 Å². The molecule has 1 atom stereocenters. The molecule has 28 heavy (non-hydrogen) atoms. The van der Waals surface area contributed by atoms with Crippen molar-refractivity contribution in [2.45, 2.75) is 45.3 Å². The molecule has 0 aliphatic carbocycles. The average Bonchev–Trinajstić information content (AvgIpc) is 3.28. The standard InChI is InChI=1S/C20H27N5O3/c1-20(2,3)28-19(27)23-9-5-14(6-10-23)16-12-18(24-11-7-15(26)13-24)25-17(22-16)4-8-21-25/h4-5,8,12,15,26H,6-7,9-11,13H2,1-3H3. The maximum atomic E-state index is 12.3. The molecule has 0 radical (unpaired) electrons. The van der Waals surface area contributed by atoms with Crippen molar-refractivity contribution in [1.29, 1.82) is 0 Å². The van der Waals surface area contributed by atoms with Gasteiger partial charge in [-0.3, -0.25) is 0 Å². The Bertz CT molecular complexity index is 914. The van der Waals surface area contributed by atoms with Crippen LogP contribution in [0.1, 0.15) is 39.3 Å². The molecule has 150 valence electrons. The molecule has 2 aromatic heterocycles. The third-order valence-corrected chi connectivity index (χ3v) is 5.02. The fraction of sp³-hybridized carbons (Fsp3) is 0.550. The van der Waals surface area contributed by atoms with Crippen LogP contribution in [-0.4, -0.2) is 68.6 Å². The summed E-state index contributed by atoms with van der Waals surface area (Å²) in [6.07, 6.45) is 4.67. The minimum atomic E-state index is -0.495. The number of β-amino-alcohol motifs (C(OH)–C–C–N with tert-alkyl or cyclic N) is 1. The molecule has 0 spiro atoms. The number of rotatable bonds is 2. The van der Waals surface area contributed by atoms with Gasteiger partial charge in [0, 0.05) is 38.3 Å². The van der Waals surface area contributed by atoms with E-state index in [9.17, 15) is 9.90 Å². The molecule has 4 rings (SSSR count). The smallest absolute Gasteiger partial charge is 0.410 e. The minimum Gasteiger partial charge on any atom is -0.444 e. The summed E-state index contributed by atoms with van der Waals surface area (Å²) >= 11 is 0. The highest BCUT2D eigenvalue weighted by Gasteiger charge is 2.26. The summed E-state index contributed by atoms with van der Waals surface area (Å²) in [5.41, 5.74) is 2.30. The van der Waals surface area contributed by atoms with Crippen LogP contribution in [0.3, 0.4) is 0 Å². The van der Waals surface area contributed by atoms with Crippen molar-refractivity contribution in [3.8, 4) is 0 Å². The molecule has 8 nitrogen and oxygen atoms in total. The van der Waals surface area contributed by atoms with Gasteiger partial charge >= 0.3 is 6.09 Å². The van der Waals surface area contributed by atoms with Crippen molar-refractivity contribution in [3.05, 3.63) is 30.1 Å². The van der Waals surface area contributed by atoms with E-state index in [1.165, 1.54) is 0 Å². The molecule has 0 bridgehead atoms. The molecule has 2 aliphatic rings. The summed E-state index contributed by atoms with van der Waals surface area (Å²) < 4.78 is 7.28. The SMILES string of the molecule is CC(C)(C)OC(=O)N1CC=C(c2cc(N3CCC(O)C3)n3nccc3n2)CC1. The zero-order valence-corrected chi connectivity index (χ0v) is 16.6. The molecular formula is C20H27N5O3. The Balaban J connectivity index is 1.57. The van der Waals surface area contributed by atoms with Gasteiger partial charge in [0.1, 0.15) is 11.4 Å². The van der Waals surface area contributed by atoms with E-state index in [-0.39, 0.29) is 12.2 Å². The third kappa shape index (κ3) is 3.82. The van der Waals surface area contributed by atoms with E-state index in [0.29, 0.717) is 19.6 Å². The van der Waals surface area contributed by atoms with Gasteiger partial charge < -0.3 is 19.6 Å². The van der Waals surface area contributed by atoms with E-state index >= 15 is 0 Å². The number of aliphatic hydroxyl groups is 1. The van der Waals surface area contributed by atoms with Crippen LogP contribution in [0.2, 0.25) is 0 Å². The number of aliphatic hydroxyl groups excluding tert-OH is 1. The summed E-state index contributed by atoms with van der Waals surface area (Å²) in [6.45, 7) is 8.13. The highest BCUT2D eigenvalue weighted by molar-refractivity contribution is 5.73. The van der Waals surface area contributed by atoms with Crippen LogP contribution in [-0.2, 0) is 4.74 Å². The number of fused-ring (bicyclic) bond motifs is 1. The predicted octanol–water partition coefficient (Wildman–Crippen LogP) is 2.32. The fourth-order valence-corrected chi connectivity index (χ4v) is 3.63. The predicted molar refractivity (Wildman–Crippen MR) is 106 cm³/mol. The highest BCUT2D eigenvalue weighted by Crippen LogP contribution is 2.28. The van der Waals surface area contributed by atoms with Gasteiger partial charge in [-0.05, 0) is 39.2 Å². The third-order valence-electron chi connectivity index (χ3n) is 5.02. The van der Waals surface area contributed by atoms with Crippen molar-refractivity contribution < 1.29 is 14.6 Å². The molecule has 1 amide bonds. The number of hydrogen-bond acceptors (Lipinski definition) is 6. The monoisotopic (exact) mass is 385 g/mol. The highest BCUT2D eigenvalue weighted by atomic mass is 16.6. The lowest BCUT2D eigenvalue weighted by atomic mass is 10.0. The van der Waals surface area contributed by atoms with E-state index in [4.69, 9.17) is 9.72 Å². The van der Waals surface area contributed by atoms with Crippen LogP contribution in [0.5, 0.6) is 0 Å². The maximum absolute atomic E-state index is 12.3. The van der Waals surface area contributed by atoms with Crippen LogP contribution >= 0.6 is 0 Å². The molecule has 1 N–H and O–H groups in total. The largest absolute Gasteiger partial charge is 0.444 e. The van der Waals surface area contributed by atoms with Crippen molar-refractivity contribution in [3.63, 3.8) is 0 Å². The number of carbonyl (C=O) groups excluding carboxylic acids is 1.